The van der Waals surface area contributed by atoms with E-state index in [1.807, 2.05) is 0 Å². The van der Waals surface area contributed by atoms with Crippen LogP contribution in [-0.2, 0) is 19.4 Å². The normalized spacial score (nSPS) is 12.7. The molecule has 0 rings (SSSR count). The molecular formula is C4H11NO6S. The number of primary amides is 1. The third-order valence-corrected chi connectivity index (χ3v) is 1.04. The van der Waals surface area contributed by atoms with E-state index in [0.717, 1.165) is 7.11 Å². The molecule has 0 aliphatic heterocycles. The van der Waals surface area contributed by atoms with Crippen molar-refractivity contribution in [2.75, 3.05) is 7.11 Å². The van der Waals surface area contributed by atoms with Gasteiger partial charge in [0.1, 0.15) is 6.10 Å². The van der Waals surface area contributed by atoms with Crippen LogP contribution < -0.4 is 5.73 Å². The fourth-order valence-electron chi connectivity index (χ4n) is 0. The van der Waals surface area contributed by atoms with Crippen LogP contribution in [0, 0.1) is 0 Å². The highest BCUT2D eigenvalue weighted by Gasteiger charge is 1.98. The topological polar surface area (TPSA) is 127 Å². The zero-order valence-electron chi connectivity index (χ0n) is 6.59. The number of aliphatic hydroxyl groups excluding tert-OH is 1. The lowest BCUT2D eigenvalue weighted by atomic mass is 10.4. The van der Waals surface area contributed by atoms with Crippen molar-refractivity contribution >= 4 is 16.3 Å². The van der Waals surface area contributed by atoms with Crippen molar-refractivity contribution < 1.29 is 27.1 Å². The van der Waals surface area contributed by atoms with Crippen LogP contribution in [0.4, 0.5) is 0 Å². The summed E-state index contributed by atoms with van der Waals surface area (Å²) < 4.78 is 29.7. The second-order valence-corrected chi connectivity index (χ2v) is 2.86. The molecule has 0 saturated heterocycles. The molecule has 12 heavy (non-hydrogen) atoms. The van der Waals surface area contributed by atoms with Gasteiger partial charge in [0.05, 0.1) is 7.11 Å². The number of hydrogen-bond donors (Lipinski definition) is 3. The second kappa shape index (κ2) is 5.89. The lowest BCUT2D eigenvalue weighted by molar-refractivity contribution is -0.125. The molecule has 0 fully saturated rings. The molecule has 0 aromatic rings. The predicted octanol–water partition coefficient (Wildman–Crippen LogP) is -1.71. The van der Waals surface area contributed by atoms with Crippen molar-refractivity contribution in [2.24, 2.45) is 5.73 Å². The standard InChI is InChI=1S/C3H7NO2.CH4O4S/c1-2(5)3(4)6;1-5-6(2,3)4/h2,5H,1H3,(H2,4,6);1H3,(H,2,3,4). The summed E-state index contributed by atoms with van der Waals surface area (Å²) in [7, 11) is -3.29. The smallest absolute Gasteiger partial charge is 0.384 e. The summed E-state index contributed by atoms with van der Waals surface area (Å²) >= 11 is 0. The lowest BCUT2D eigenvalue weighted by Crippen LogP contribution is -2.24. The average molecular weight is 201 g/mol. The maximum absolute atomic E-state index is 9.67. The molecule has 0 aromatic carbocycles. The Hall–Kier alpha value is -0.700. The molecule has 74 valence electrons. The molecule has 0 saturated carbocycles. The summed E-state index contributed by atoms with van der Waals surface area (Å²) in [6, 6.07) is 0. The molecule has 7 nitrogen and oxygen atoms in total. The van der Waals surface area contributed by atoms with Crippen LogP contribution in [0.2, 0.25) is 0 Å². The monoisotopic (exact) mass is 201 g/mol. The lowest BCUT2D eigenvalue weighted by Gasteiger charge is -1.90. The molecule has 1 atom stereocenters. The van der Waals surface area contributed by atoms with Gasteiger partial charge in [-0.05, 0) is 6.92 Å². The zero-order chi connectivity index (χ0) is 10.4. The van der Waals surface area contributed by atoms with Gasteiger partial charge in [0.25, 0.3) is 0 Å². The largest absolute Gasteiger partial charge is 0.397 e. The number of aliphatic hydroxyl groups is 1. The first-order valence-corrected chi connectivity index (χ1v) is 4.07. The number of rotatable bonds is 2. The van der Waals surface area contributed by atoms with Crippen LogP contribution in [0.25, 0.3) is 0 Å². The summed E-state index contributed by atoms with van der Waals surface area (Å²) in [4.78, 5) is 9.67. The third-order valence-electron chi connectivity index (χ3n) is 0.622. The van der Waals surface area contributed by atoms with Crippen molar-refractivity contribution in [1.82, 2.24) is 0 Å². The number of carbonyl (C=O) groups excluding carboxylic acids is 1. The molecule has 0 heterocycles. The highest BCUT2D eigenvalue weighted by Crippen LogP contribution is 1.74. The molecule has 0 aliphatic carbocycles. The van der Waals surface area contributed by atoms with Gasteiger partial charge in [0, 0.05) is 0 Å². The summed E-state index contributed by atoms with van der Waals surface area (Å²) in [6.45, 7) is 1.32. The molecule has 1 amide bonds. The van der Waals surface area contributed by atoms with Crippen molar-refractivity contribution in [3.63, 3.8) is 0 Å². The van der Waals surface area contributed by atoms with E-state index in [1.54, 1.807) is 0 Å². The van der Waals surface area contributed by atoms with Gasteiger partial charge in [0.2, 0.25) is 5.91 Å². The number of hydrogen-bond acceptors (Lipinski definition) is 5. The Morgan fingerprint density at radius 1 is 1.58 bits per heavy atom. The minimum absolute atomic E-state index is 0.685. The Kier molecular flexibility index (Phi) is 6.80. The van der Waals surface area contributed by atoms with E-state index in [4.69, 9.17) is 9.66 Å². The Bertz CT molecular complexity index is 220. The Balaban J connectivity index is 0. The summed E-state index contributed by atoms with van der Waals surface area (Å²) in [5.74, 6) is -0.685. The maximum Gasteiger partial charge on any atom is 0.397 e. The van der Waals surface area contributed by atoms with Gasteiger partial charge in [-0.1, -0.05) is 0 Å². The summed E-state index contributed by atoms with van der Waals surface area (Å²) in [6.07, 6.45) is -1.01. The van der Waals surface area contributed by atoms with Gasteiger partial charge in [-0.3, -0.25) is 13.5 Å². The van der Waals surface area contributed by atoms with Gasteiger partial charge in [0.15, 0.2) is 0 Å². The highest BCUT2D eigenvalue weighted by atomic mass is 32.3. The van der Waals surface area contributed by atoms with E-state index < -0.39 is 22.4 Å². The molecule has 0 aliphatic rings. The Labute approximate surface area is 70.1 Å². The Morgan fingerprint density at radius 3 is 1.75 bits per heavy atom. The van der Waals surface area contributed by atoms with E-state index >= 15 is 0 Å². The van der Waals surface area contributed by atoms with Crippen molar-refractivity contribution in [2.45, 2.75) is 13.0 Å². The summed E-state index contributed by atoms with van der Waals surface area (Å²) in [5, 5.41) is 8.16. The first-order valence-electron chi connectivity index (χ1n) is 2.71. The Morgan fingerprint density at radius 2 is 1.75 bits per heavy atom. The van der Waals surface area contributed by atoms with Crippen LogP contribution in [0.3, 0.4) is 0 Å². The molecule has 0 aromatic heterocycles. The minimum Gasteiger partial charge on any atom is -0.384 e. The number of amides is 1. The fourth-order valence-corrected chi connectivity index (χ4v) is 0. The molecule has 0 bridgehead atoms. The maximum atomic E-state index is 9.67. The van der Waals surface area contributed by atoms with Crippen LogP contribution >= 0.6 is 0 Å². The van der Waals surface area contributed by atoms with Gasteiger partial charge in [-0.15, -0.1) is 0 Å². The van der Waals surface area contributed by atoms with Crippen LogP contribution in [-0.4, -0.2) is 37.2 Å². The minimum atomic E-state index is -4.16. The molecule has 8 heteroatoms. The van der Waals surface area contributed by atoms with E-state index in [2.05, 4.69) is 9.92 Å². The van der Waals surface area contributed by atoms with Crippen LogP contribution in [0.15, 0.2) is 0 Å². The van der Waals surface area contributed by atoms with Crippen LogP contribution in [0.5, 0.6) is 0 Å². The number of carbonyl (C=O) groups is 1. The van der Waals surface area contributed by atoms with Gasteiger partial charge >= 0.3 is 10.4 Å². The van der Waals surface area contributed by atoms with Gasteiger partial charge < -0.3 is 10.8 Å². The molecule has 4 N–H and O–H groups in total. The first kappa shape index (κ1) is 13.9. The molecule has 1 unspecified atom stereocenters. The second-order valence-electron chi connectivity index (χ2n) is 1.67. The van der Waals surface area contributed by atoms with E-state index in [1.165, 1.54) is 6.92 Å². The van der Waals surface area contributed by atoms with E-state index in [-0.39, 0.29) is 0 Å². The number of nitrogens with two attached hydrogens (primary N) is 1. The first-order chi connectivity index (χ1) is 5.20. The zero-order valence-corrected chi connectivity index (χ0v) is 7.41. The predicted molar refractivity (Wildman–Crippen MR) is 39.4 cm³/mol. The quantitative estimate of drug-likeness (QED) is 0.456. The fraction of sp³-hybridized carbons (Fsp3) is 0.750. The van der Waals surface area contributed by atoms with E-state index in [0.29, 0.717) is 0 Å². The van der Waals surface area contributed by atoms with Gasteiger partial charge in [-0.2, -0.15) is 8.42 Å². The molecule has 0 spiro atoms. The molecule has 0 radical (unpaired) electrons. The van der Waals surface area contributed by atoms with Crippen LogP contribution in [0.1, 0.15) is 6.92 Å². The molecular weight excluding hydrogens is 190 g/mol. The van der Waals surface area contributed by atoms with Crippen molar-refractivity contribution in [1.29, 1.82) is 0 Å². The highest BCUT2D eigenvalue weighted by molar-refractivity contribution is 7.80. The SMILES string of the molecule is CC(O)C(N)=O.COS(=O)(=O)O. The van der Waals surface area contributed by atoms with Crippen molar-refractivity contribution in [3.05, 3.63) is 0 Å². The van der Waals surface area contributed by atoms with Gasteiger partial charge in [-0.25, -0.2) is 0 Å². The summed E-state index contributed by atoms with van der Waals surface area (Å²) in [5.41, 5.74) is 4.55. The van der Waals surface area contributed by atoms with E-state index in [9.17, 15) is 13.2 Å². The third kappa shape index (κ3) is 16.1. The van der Waals surface area contributed by atoms with Crippen molar-refractivity contribution in [3.8, 4) is 0 Å². The average Bonchev–Trinajstić information content (AvgIpc) is 1.87.